The number of carbonyl (C=O) groups excluding carboxylic acids is 1. The summed E-state index contributed by atoms with van der Waals surface area (Å²) in [7, 11) is 1.37. The fraction of sp³-hybridized carbons (Fsp3) is 0.417. The van der Waals surface area contributed by atoms with Crippen LogP contribution < -0.4 is 4.74 Å². The van der Waals surface area contributed by atoms with Crippen molar-refractivity contribution in [3.05, 3.63) is 28.8 Å². The van der Waals surface area contributed by atoms with Gasteiger partial charge in [-0.2, -0.15) is 13.2 Å². The highest BCUT2D eigenvalue weighted by molar-refractivity contribution is 5.96. The summed E-state index contributed by atoms with van der Waals surface area (Å²) >= 11 is 0. The average molecular weight is 246 g/mol. The minimum absolute atomic E-state index is 0.311. The molecule has 0 amide bonds. The number of ether oxygens (including phenoxy) is 1. The maximum atomic E-state index is 12.8. The van der Waals surface area contributed by atoms with Crippen LogP contribution in [0.5, 0.6) is 5.75 Å². The van der Waals surface area contributed by atoms with E-state index < -0.39 is 17.5 Å². The molecule has 0 radical (unpaired) electrons. The summed E-state index contributed by atoms with van der Waals surface area (Å²) in [4.78, 5) is 11.2. The van der Waals surface area contributed by atoms with Gasteiger partial charge in [0.15, 0.2) is 5.78 Å². The number of ketones is 1. The molecule has 0 heterocycles. The van der Waals surface area contributed by atoms with Crippen LogP contribution in [0.2, 0.25) is 0 Å². The first kappa shape index (κ1) is 13.5. The number of hydrogen-bond acceptors (Lipinski definition) is 2. The van der Waals surface area contributed by atoms with Crippen molar-refractivity contribution < 1.29 is 22.7 Å². The Hall–Kier alpha value is -1.52. The number of Topliss-reactive ketones (excluding diaryl/α,β-unsaturated/α-hetero) is 1. The summed E-state index contributed by atoms with van der Waals surface area (Å²) < 4.78 is 43.3. The van der Waals surface area contributed by atoms with E-state index in [-0.39, 0.29) is 5.56 Å². The molecule has 0 spiro atoms. The van der Waals surface area contributed by atoms with Crippen molar-refractivity contribution in [2.24, 2.45) is 0 Å². The molecule has 5 heteroatoms. The zero-order valence-electron chi connectivity index (χ0n) is 9.81. The van der Waals surface area contributed by atoms with Crippen molar-refractivity contribution in [1.29, 1.82) is 0 Å². The fourth-order valence-electron chi connectivity index (χ4n) is 1.62. The van der Waals surface area contributed by atoms with Gasteiger partial charge in [0.1, 0.15) is 5.75 Å². The molecule has 0 unspecified atom stereocenters. The Bertz CT molecular complexity index is 436. The predicted molar refractivity (Wildman–Crippen MR) is 57.4 cm³/mol. The Balaban J connectivity index is 3.52. The SMILES string of the molecule is CCc1cc(C(F)(F)F)c(C(C)=O)cc1OC. The Morgan fingerprint density at radius 1 is 1.35 bits per heavy atom. The van der Waals surface area contributed by atoms with E-state index >= 15 is 0 Å². The number of methoxy groups -OCH3 is 1. The molecule has 0 aliphatic rings. The minimum atomic E-state index is -4.53. The number of benzene rings is 1. The molecule has 0 atom stereocenters. The van der Waals surface area contributed by atoms with Crippen LogP contribution in [0.25, 0.3) is 0 Å². The first-order chi connectivity index (χ1) is 7.81. The lowest BCUT2D eigenvalue weighted by molar-refractivity contribution is -0.138. The van der Waals surface area contributed by atoms with Gasteiger partial charge in [0.25, 0.3) is 0 Å². The second-order valence-corrected chi connectivity index (χ2v) is 3.62. The Morgan fingerprint density at radius 2 is 1.94 bits per heavy atom. The first-order valence-corrected chi connectivity index (χ1v) is 5.10. The lowest BCUT2D eigenvalue weighted by atomic mass is 9.98. The number of hydrogen-bond donors (Lipinski definition) is 0. The van der Waals surface area contributed by atoms with E-state index in [4.69, 9.17) is 4.74 Å². The summed E-state index contributed by atoms with van der Waals surface area (Å²) in [5, 5.41) is 0. The van der Waals surface area contributed by atoms with Crippen LogP contribution in [0.4, 0.5) is 13.2 Å². The van der Waals surface area contributed by atoms with E-state index in [9.17, 15) is 18.0 Å². The predicted octanol–water partition coefficient (Wildman–Crippen LogP) is 3.48. The van der Waals surface area contributed by atoms with Gasteiger partial charge < -0.3 is 4.74 Å². The molecule has 1 aromatic rings. The number of aryl methyl sites for hydroxylation is 1. The molecule has 0 fully saturated rings. The standard InChI is InChI=1S/C12H13F3O2/c1-4-8-5-10(12(13,14)15)9(7(2)16)6-11(8)17-3/h5-6H,4H2,1-3H3. The van der Waals surface area contributed by atoms with Crippen LogP contribution >= 0.6 is 0 Å². The Morgan fingerprint density at radius 3 is 2.29 bits per heavy atom. The van der Waals surface area contributed by atoms with E-state index in [1.165, 1.54) is 7.11 Å². The zero-order chi connectivity index (χ0) is 13.2. The van der Waals surface area contributed by atoms with E-state index in [0.29, 0.717) is 17.7 Å². The molecule has 0 aliphatic carbocycles. The molecule has 1 aromatic carbocycles. The summed E-state index contributed by atoms with van der Waals surface area (Å²) in [5.41, 5.74) is -0.820. The average Bonchev–Trinajstić information content (AvgIpc) is 2.25. The van der Waals surface area contributed by atoms with Crippen molar-refractivity contribution in [2.75, 3.05) is 7.11 Å². The molecule has 0 N–H and O–H groups in total. The fourth-order valence-corrected chi connectivity index (χ4v) is 1.62. The molecule has 0 saturated carbocycles. The first-order valence-electron chi connectivity index (χ1n) is 5.10. The monoisotopic (exact) mass is 246 g/mol. The van der Waals surface area contributed by atoms with Crippen molar-refractivity contribution in [3.63, 3.8) is 0 Å². The second kappa shape index (κ2) is 4.77. The van der Waals surface area contributed by atoms with Gasteiger partial charge in [0, 0.05) is 5.56 Å². The third kappa shape index (κ3) is 2.78. The van der Waals surface area contributed by atoms with Gasteiger partial charge in [-0.15, -0.1) is 0 Å². The van der Waals surface area contributed by atoms with Gasteiger partial charge in [-0.1, -0.05) is 6.92 Å². The van der Waals surface area contributed by atoms with Gasteiger partial charge in [-0.05, 0) is 31.0 Å². The molecule has 0 bridgehead atoms. The largest absolute Gasteiger partial charge is 0.496 e. The van der Waals surface area contributed by atoms with Crippen molar-refractivity contribution in [1.82, 2.24) is 0 Å². The van der Waals surface area contributed by atoms with E-state index in [1.54, 1.807) is 6.92 Å². The van der Waals surface area contributed by atoms with Gasteiger partial charge in [0.05, 0.1) is 12.7 Å². The van der Waals surface area contributed by atoms with Gasteiger partial charge >= 0.3 is 6.18 Å². The number of rotatable bonds is 3. The molecular formula is C12H13F3O2. The molecule has 94 valence electrons. The molecular weight excluding hydrogens is 233 g/mol. The van der Waals surface area contributed by atoms with E-state index in [0.717, 1.165) is 19.1 Å². The third-order valence-electron chi connectivity index (χ3n) is 2.49. The van der Waals surface area contributed by atoms with Crippen LogP contribution in [0.15, 0.2) is 12.1 Å². The number of halogens is 3. The van der Waals surface area contributed by atoms with Crippen LogP contribution in [0.1, 0.15) is 35.3 Å². The van der Waals surface area contributed by atoms with E-state index in [1.807, 2.05) is 0 Å². The van der Waals surface area contributed by atoms with Crippen LogP contribution in [-0.4, -0.2) is 12.9 Å². The quantitative estimate of drug-likeness (QED) is 0.763. The lowest BCUT2D eigenvalue weighted by Gasteiger charge is -2.15. The lowest BCUT2D eigenvalue weighted by Crippen LogP contribution is -2.13. The zero-order valence-corrected chi connectivity index (χ0v) is 9.81. The van der Waals surface area contributed by atoms with E-state index in [2.05, 4.69) is 0 Å². The molecule has 2 nitrogen and oxygen atoms in total. The topological polar surface area (TPSA) is 26.3 Å². The summed E-state index contributed by atoms with van der Waals surface area (Å²) in [6, 6.07) is 2.14. The number of carbonyl (C=O) groups is 1. The molecule has 1 rings (SSSR count). The van der Waals surface area contributed by atoms with Gasteiger partial charge in [0.2, 0.25) is 0 Å². The minimum Gasteiger partial charge on any atom is -0.496 e. The molecule has 0 saturated heterocycles. The van der Waals surface area contributed by atoms with Crippen LogP contribution in [0.3, 0.4) is 0 Å². The van der Waals surface area contributed by atoms with Gasteiger partial charge in [-0.3, -0.25) is 4.79 Å². The van der Waals surface area contributed by atoms with Crippen LogP contribution in [-0.2, 0) is 12.6 Å². The normalized spacial score (nSPS) is 11.4. The maximum Gasteiger partial charge on any atom is 0.417 e. The van der Waals surface area contributed by atoms with Crippen molar-refractivity contribution in [3.8, 4) is 5.75 Å². The summed E-state index contributed by atoms with van der Waals surface area (Å²) in [6.07, 6.45) is -4.12. The summed E-state index contributed by atoms with van der Waals surface area (Å²) in [5.74, 6) is -0.316. The van der Waals surface area contributed by atoms with Crippen molar-refractivity contribution >= 4 is 5.78 Å². The summed E-state index contributed by atoms with van der Waals surface area (Å²) in [6.45, 7) is 2.83. The Kier molecular flexibility index (Phi) is 3.80. The highest BCUT2D eigenvalue weighted by Gasteiger charge is 2.35. The Labute approximate surface area is 97.4 Å². The van der Waals surface area contributed by atoms with Crippen molar-refractivity contribution in [2.45, 2.75) is 26.4 Å². The number of alkyl halides is 3. The second-order valence-electron chi connectivity index (χ2n) is 3.62. The molecule has 17 heavy (non-hydrogen) atoms. The van der Waals surface area contributed by atoms with Crippen LogP contribution in [0, 0.1) is 0 Å². The third-order valence-corrected chi connectivity index (χ3v) is 2.49. The molecule has 0 aliphatic heterocycles. The smallest absolute Gasteiger partial charge is 0.417 e. The highest BCUT2D eigenvalue weighted by Crippen LogP contribution is 2.36. The molecule has 0 aromatic heterocycles. The highest BCUT2D eigenvalue weighted by atomic mass is 19.4. The maximum absolute atomic E-state index is 12.8. The van der Waals surface area contributed by atoms with Gasteiger partial charge in [-0.25, -0.2) is 0 Å².